The van der Waals surface area contributed by atoms with Gasteiger partial charge in [0.25, 0.3) is 10.0 Å². The summed E-state index contributed by atoms with van der Waals surface area (Å²) >= 11 is 5.78. The van der Waals surface area contributed by atoms with Gasteiger partial charge in [-0.05, 0) is 54.6 Å². The van der Waals surface area contributed by atoms with Crippen LogP contribution < -0.4 is 4.72 Å². The minimum absolute atomic E-state index is 0.179. The maximum Gasteiger partial charge on any atom is 0.261 e. The maximum absolute atomic E-state index is 12.3. The van der Waals surface area contributed by atoms with E-state index in [-0.39, 0.29) is 4.90 Å². The van der Waals surface area contributed by atoms with Crippen molar-refractivity contribution < 1.29 is 8.42 Å². The Labute approximate surface area is 133 Å². The van der Waals surface area contributed by atoms with Crippen molar-refractivity contribution >= 4 is 27.3 Å². The molecule has 0 bridgehead atoms. The summed E-state index contributed by atoms with van der Waals surface area (Å²) in [4.78, 5) is 0.179. The van der Waals surface area contributed by atoms with Crippen LogP contribution in [0, 0.1) is 0 Å². The summed E-state index contributed by atoms with van der Waals surface area (Å²) in [7, 11) is -3.63. The van der Waals surface area contributed by atoms with Gasteiger partial charge in [-0.2, -0.15) is 5.10 Å². The summed E-state index contributed by atoms with van der Waals surface area (Å²) < 4.78 is 28.8. The van der Waals surface area contributed by atoms with E-state index in [0.29, 0.717) is 10.7 Å². The summed E-state index contributed by atoms with van der Waals surface area (Å²) in [5.41, 5.74) is 1.25. The molecule has 1 N–H and O–H groups in total. The number of rotatable bonds is 4. The van der Waals surface area contributed by atoms with Gasteiger partial charge in [-0.3, -0.25) is 4.72 Å². The molecule has 3 aromatic rings. The van der Waals surface area contributed by atoms with E-state index in [2.05, 4.69) is 9.82 Å². The molecule has 0 unspecified atom stereocenters. The molecule has 3 rings (SSSR count). The van der Waals surface area contributed by atoms with Crippen molar-refractivity contribution in [3.63, 3.8) is 0 Å². The van der Waals surface area contributed by atoms with Crippen LogP contribution in [0.15, 0.2) is 71.9 Å². The topological polar surface area (TPSA) is 64.0 Å². The molecule has 1 aromatic heterocycles. The average molecular weight is 334 g/mol. The predicted molar refractivity (Wildman–Crippen MR) is 85.8 cm³/mol. The standard InChI is InChI=1S/C15H12ClN3O2S/c16-12-2-4-13(5-3-12)18-22(20,21)15-8-6-14(7-9-15)19-11-1-10-17-19/h1-11,18H. The molecule has 0 spiro atoms. The molecule has 0 radical (unpaired) electrons. The number of nitrogens with one attached hydrogen (secondary N) is 1. The molecule has 0 aliphatic carbocycles. The normalized spacial score (nSPS) is 11.3. The molecule has 0 saturated carbocycles. The predicted octanol–water partition coefficient (Wildman–Crippen LogP) is 3.33. The third-order valence-corrected chi connectivity index (χ3v) is 4.66. The highest BCUT2D eigenvalue weighted by atomic mass is 35.5. The van der Waals surface area contributed by atoms with Crippen LogP contribution in [0.1, 0.15) is 0 Å². The van der Waals surface area contributed by atoms with Gasteiger partial charge in [0.05, 0.1) is 10.6 Å². The molecule has 0 fully saturated rings. The van der Waals surface area contributed by atoms with E-state index in [9.17, 15) is 8.42 Å². The van der Waals surface area contributed by atoms with E-state index in [1.54, 1.807) is 59.5 Å². The Morgan fingerprint density at radius 2 is 1.68 bits per heavy atom. The number of sulfonamides is 1. The summed E-state index contributed by atoms with van der Waals surface area (Å²) in [5.74, 6) is 0. The lowest BCUT2D eigenvalue weighted by Gasteiger charge is -2.09. The van der Waals surface area contributed by atoms with Crippen LogP contribution in [-0.4, -0.2) is 18.2 Å². The first kappa shape index (κ1) is 14.6. The Morgan fingerprint density at radius 3 is 2.27 bits per heavy atom. The summed E-state index contributed by atoms with van der Waals surface area (Å²) in [6.07, 6.45) is 3.45. The molecule has 5 nitrogen and oxygen atoms in total. The van der Waals surface area contributed by atoms with Crippen LogP contribution in [0.5, 0.6) is 0 Å². The zero-order valence-electron chi connectivity index (χ0n) is 11.3. The van der Waals surface area contributed by atoms with Gasteiger partial charge in [0.15, 0.2) is 0 Å². The van der Waals surface area contributed by atoms with Crippen LogP contribution in [-0.2, 0) is 10.0 Å². The molecule has 2 aromatic carbocycles. The molecule has 7 heteroatoms. The summed E-state index contributed by atoms with van der Waals surface area (Å²) in [6, 6.07) is 14.7. The van der Waals surface area contributed by atoms with Gasteiger partial charge in [0.1, 0.15) is 0 Å². The van der Waals surface area contributed by atoms with Crippen LogP contribution >= 0.6 is 11.6 Å². The molecule has 1 heterocycles. The highest BCUT2D eigenvalue weighted by molar-refractivity contribution is 7.92. The lowest BCUT2D eigenvalue weighted by atomic mass is 10.3. The first-order valence-corrected chi connectivity index (χ1v) is 8.29. The third kappa shape index (κ3) is 3.13. The fourth-order valence-corrected chi connectivity index (χ4v) is 3.12. The number of aromatic nitrogens is 2. The first-order valence-electron chi connectivity index (χ1n) is 6.43. The molecule has 0 amide bonds. The Bertz CT molecular complexity index is 858. The summed E-state index contributed by atoms with van der Waals surface area (Å²) in [5, 5.41) is 4.64. The monoisotopic (exact) mass is 333 g/mol. The Balaban J connectivity index is 1.84. The number of hydrogen-bond donors (Lipinski definition) is 1. The molecule has 22 heavy (non-hydrogen) atoms. The second-order valence-electron chi connectivity index (χ2n) is 4.56. The highest BCUT2D eigenvalue weighted by Gasteiger charge is 2.14. The van der Waals surface area contributed by atoms with E-state index in [1.165, 1.54) is 12.1 Å². The molecule has 0 aliphatic heterocycles. The third-order valence-electron chi connectivity index (χ3n) is 3.01. The van der Waals surface area contributed by atoms with Crippen LogP contribution in [0.4, 0.5) is 5.69 Å². The number of anilines is 1. The zero-order valence-corrected chi connectivity index (χ0v) is 12.9. The number of benzene rings is 2. The number of nitrogens with zero attached hydrogens (tertiary/aromatic N) is 2. The Hall–Kier alpha value is -2.31. The van der Waals surface area contributed by atoms with Gasteiger partial charge in [0.2, 0.25) is 0 Å². The molecule has 112 valence electrons. The minimum Gasteiger partial charge on any atom is -0.280 e. The SMILES string of the molecule is O=S(=O)(Nc1ccc(Cl)cc1)c1ccc(-n2cccn2)cc1. The molecular weight excluding hydrogens is 322 g/mol. The smallest absolute Gasteiger partial charge is 0.261 e. The van der Waals surface area contributed by atoms with E-state index >= 15 is 0 Å². The van der Waals surface area contributed by atoms with Gasteiger partial charge in [-0.15, -0.1) is 0 Å². The first-order chi connectivity index (χ1) is 10.5. The van der Waals surface area contributed by atoms with E-state index in [0.717, 1.165) is 5.69 Å². The van der Waals surface area contributed by atoms with Gasteiger partial charge >= 0.3 is 0 Å². The molecule has 0 atom stereocenters. The van der Waals surface area contributed by atoms with Crippen molar-refractivity contribution in [3.05, 3.63) is 72.0 Å². The molecule has 0 aliphatic rings. The van der Waals surface area contributed by atoms with Gasteiger partial charge < -0.3 is 0 Å². The largest absolute Gasteiger partial charge is 0.280 e. The van der Waals surface area contributed by atoms with E-state index in [1.807, 2.05) is 0 Å². The lowest BCUT2D eigenvalue weighted by Crippen LogP contribution is -2.12. The molecule has 0 saturated heterocycles. The quantitative estimate of drug-likeness (QED) is 0.796. The van der Waals surface area contributed by atoms with Crippen LogP contribution in [0.2, 0.25) is 5.02 Å². The van der Waals surface area contributed by atoms with Crippen molar-refractivity contribution in [3.8, 4) is 5.69 Å². The van der Waals surface area contributed by atoms with Crippen molar-refractivity contribution in [2.45, 2.75) is 4.90 Å². The number of hydrogen-bond acceptors (Lipinski definition) is 3. The minimum atomic E-state index is -3.63. The van der Waals surface area contributed by atoms with Gasteiger partial charge in [0, 0.05) is 23.1 Å². The van der Waals surface area contributed by atoms with Gasteiger partial charge in [-0.25, -0.2) is 13.1 Å². The molecular formula is C15H12ClN3O2S. The van der Waals surface area contributed by atoms with E-state index in [4.69, 9.17) is 11.6 Å². The second kappa shape index (κ2) is 5.82. The van der Waals surface area contributed by atoms with Crippen LogP contribution in [0.3, 0.4) is 0 Å². The van der Waals surface area contributed by atoms with E-state index < -0.39 is 10.0 Å². The van der Waals surface area contributed by atoms with Crippen molar-refractivity contribution in [1.82, 2.24) is 9.78 Å². The zero-order chi connectivity index (χ0) is 15.6. The van der Waals surface area contributed by atoms with Crippen LogP contribution in [0.25, 0.3) is 5.69 Å². The fraction of sp³-hybridized carbons (Fsp3) is 0. The lowest BCUT2D eigenvalue weighted by molar-refractivity contribution is 0.601. The highest BCUT2D eigenvalue weighted by Crippen LogP contribution is 2.19. The Morgan fingerprint density at radius 1 is 1.00 bits per heavy atom. The van der Waals surface area contributed by atoms with Crippen molar-refractivity contribution in [2.75, 3.05) is 4.72 Å². The Kier molecular flexibility index (Phi) is 3.87. The number of halogens is 1. The fourth-order valence-electron chi connectivity index (χ4n) is 1.93. The van der Waals surface area contributed by atoms with Crippen molar-refractivity contribution in [1.29, 1.82) is 0 Å². The van der Waals surface area contributed by atoms with Gasteiger partial charge in [-0.1, -0.05) is 11.6 Å². The summed E-state index contributed by atoms with van der Waals surface area (Å²) in [6.45, 7) is 0. The average Bonchev–Trinajstić information content (AvgIpc) is 3.04. The van der Waals surface area contributed by atoms with Crippen molar-refractivity contribution in [2.24, 2.45) is 0 Å². The maximum atomic E-state index is 12.3. The second-order valence-corrected chi connectivity index (χ2v) is 6.68.